The van der Waals surface area contributed by atoms with E-state index in [4.69, 9.17) is 46.0 Å². The van der Waals surface area contributed by atoms with Gasteiger partial charge in [-0.15, -0.1) is 0 Å². The number of aliphatic hydroxyl groups is 3. The number of aliphatic carboxylic acids is 8. The third-order valence-electron chi connectivity index (χ3n) is 3.87. The van der Waals surface area contributed by atoms with Crippen LogP contribution in [0.25, 0.3) is 0 Å². The molecule has 0 radical (unpaired) electrons. The fourth-order valence-corrected chi connectivity index (χ4v) is 2.05. The van der Waals surface area contributed by atoms with Crippen LogP contribution >= 0.6 is 0 Å². The summed E-state index contributed by atoms with van der Waals surface area (Å²) in [5, 5.41) is 95.0. The maximum atomic E-state index is 10.3. The maximum absolute atomic E-state index is 10.3. The molecular weight excluding hydrogens is 608 g/mol. The van der Waals surface area contributed by atoms with Gasteiger partial charge in [0, 0.05) is 12.4 Å². The van der Waals surface area contributed by atoms with Gasteiger partial charge in [-0.1, -0.05) is 36.4 Å². The predicted octanol–water partition coefficient (Wildman–Crippen LogP) is -4.95. The number of carboxylic acids is 8. The Morgan fingerprint density at radius 2 is 0.762 bits per heavy atom. The molecule has 230 valence electrons. The summed E-state index contributed by atoms with van der Waals surface area (Å²) < 4.78 is 0. The van der Waals surface area contributed by atoms with Crippen molar-refractivity contribution in [3.63, 3.8) is 0 Å². The minimum Gasteiger partial charge on any atom is -0.550 e. The van der Waals surface area contributed by atoms with E-state index in [1.54, 1.807) is 0 Å². The molecule has 1 aromatic rings. The van der Waals surface area contributed by atoms with Crippen LogP contribution < -0.4 is 10.2 Å². The summed E-state index contributed by atoms with van der Waals surface area (Å²) in [4.78, 5) is 80.1. The number of rotatable bonds is 13. The van der Waals surface area contributed by atoms with E-state index in [1.807, 2.05) is 36.4 Å². The van der Waals surface area contributed by atoms with E-state index >= 15 is 0 Å². The Morgan fingerprint density at radius 3 is 0.857 bits per heavy atom. The van der Waals surface area contributed by atoms with Gasteiger partial charge in [0.15, 0.2) is 11.2 Å². The van der Waals surface area contributed by atoms with Gasteiger partial charge in [-0.25, -0.2) is 9.59 Å². The Kier molecular flexibility index (Phi) is 24.5. The van der Waals surface area contributed by atoms with Crippen molar-refractivity contribution in [2.45, 2.75) is 49.4 Å². The van der Waals surface area contributed by atoms with Gasteiger partial charge in [0.2, 0.25) is 0 Å². The van der Waals surface area contributed by atoms with Gasteiger partial charge in [0.05, 0.1) is 37.8 Å². The zero-order valence-corrected chi connectivity index (χ0v) is 23.6. The second kappa shape index (κ2) is 22.8. The van der Waals surface area contributed by atoms with Gasteiger partial charge in [-0.2, -0.15) is 0 Å². The van der Waals surface area contributed by atoms with E-state index in [2.05, 4.69) is 0 Å². The van der Waals surface area contributed by atoms with E-state index in [9.17, 15) is 48.6 Å². The van der Waals surface area contributed by atoms with Crippen LogP contribution in [0.5, 0.6) is 0 Å². The Hall–Kier alpha value is -3.88. The molecule has 0 amide bonds. The number of carboxylic acid groups (broad SMARTS) is 8. The van der Waals surface area contributed by atoms with Gasteiger partial charge < -0.3 is 65.8 Å². The van der Waals surface area contributed by atoms with Crippen LogP contribution in [0.15, 0.2) is 36.4 Å². The molecule has 0 heterocycles. The van der Waals surface area contributed by atoms with Gasteiger partial charge in [-0.05, 0) is 0 Å². The van der Waals surface area contributed by atoms with Crippen molar-refractivity contribution < 1.29 is 94.5 Å². The van der Waals surface area contributed by atoms with Gasteiger partial charge in [-0.3, -0.25) is 19.2 Å². The van der Waals surface area contributed by atoms with Crippen molar-refractivity contribution in [1.29, 1.82) is 0 Å². The summed E-state index contributed by atoms with van der Waals surface area (Å²) in [7, 11) is 0. The van der Waals surface area contributed by atoms with E-state index < -0.39 is 97.2 Å². The summed E-state index contributed by atoms with van der Waals surface area (Å²) in [5.74, 6) is -13.5. The fourth-order valence-electron chi connectivity index (χ4n) is 2.05. The average molecular weight is 635 g/mol. The van der Waals surface area contributed by atoms with Crippen LogP contribution in [0.2, 0.25) is 0 Å². The predicted molar refractivity (Wildman–Crippen MR) is 127 cm³/mol. The molecule has 9 N–H and O–H groups in total. The van der Waals surface area contributed by atoms with Crippen molar-refractivity contribution in [3.8, 4) is 0 Å². The summed E-state index contributed by atoms with van der Waals surface area (Å²) in [5.41, 5.74) is -5.48. The molecule has 0 aromatic heterocycles. The number of hydrogen-bond acceptors (Lipinski definition) is 13. The molecule has 1 atom stereocenters. The Balaban J connectivity index is -0.000000235. The van der Waals surface area contributed by atoms with Crippen LogP contribution in [-0.4, -0.2) is 149 Å². The van der Waals surface area contributed by atoms with E-state index in [0.29, 0.717) is 0 Å². The van der Waals surface area contributed by atoms with E-state index in [-0.39, 0.29) is 37.7 Å². The molecule has 1 aromatic carbocycles. The van der Waals surface area contributed by atoms with Gasteiger partial charge in [0.25, 0.3) is 0 Å². The number of benzene rings is 1. The van der Waals surface area contributed by atoms with Gasteiger partial charge in [0.1, 0.15) is 0 Å². The summed E-state index contributed by atoms with van der Waals surface area (Å²) in [6.07, 6.45) is -7.47. The first-order chi connectivity index (χ1) is 18.6. The summed E-state index contributed by atoms with van der Waals surface area (Å²) in [6, 6.07) is 12.0. The molecule has 0 saturated heterocycles. The molecule has 42 heavy (non-hydrogen) atoms. The molecule has 0 bridgehead atoms. The van der Waals surface area contributed by atoms with Crippen molar-refractivity contribution >= 4 is 85.5 Å². The Labute approximate surface area is 264 Å². The minimum absolute atomic E-state index is 0. The van der Waals surface area contributed by atoms with E-state index in [0.717, 1.165) is 0 Å². The smallest absolute Gasteiger partial charge is 0.550 e. The topological polar surface area (TPSA) is 365 Å². The third-order valence-corrected chi connectivity index (χ3v) is 3.87. The number of carbonyl (C=O) groups excluding carboxylic acids is 2. The second-order valence-corrected chi connectivity index (χ2v) is 7.52. The average Bonchev–Trinajstić information content (AvgIpc) is 2.78. The summed E-state index contributed by atoms with van der Waals surface area (Å²) >= 11 is 0. The minimum atomic E-state index is -2.74. The van der Waals surface area contributed by atoms with Crippen molar-refractivity contribution in [3.05, 3.63) is 36.4 Å². The van der Waals surface area contributed by atoms with Crippen molar-refractivity contribution in [2.24, 2.45) is 0 Å². The first kappa shape index (κ1) is 45.1. The number of aliphatic hydroxyl groups excluding tert-OH is 1. The third kappa shape index (κ3) is 25.1. The molecule has 0 fully saturated rings. The molecule has 0 aliphatic heterocycles. The first-order valence-electron chi connectivity index (χ1n) is 10.5. The maximum Gasteiger partial charge on any atom is 2.00 e. The monoisotopic (exact) mass is 634 g/mol. The Bertz CT molecular complexity index is 944. The van der Waals surface area contributed by atoms with Crippen LogP contribution in [0.4, 0.5) is 0 Å². The molecule has 1 rings (SSSR count). The number of carbonyl (C=O) groups is 8. The largest absolute Gasteiger partial charge is 2.00 e. The molecule has 19 nitrogen and oxygen atoms in total. The number of hydrogen-bond donors (Lipinski definition) is 9. The SMILES string of the molecule is O=C(O)CC(O)(CC(=O)O)C(=O)O.O=C(O)CC(O)(CC(=O)O)C(=O)O.O=C([O-])CC(O)C(=O)[O-].[Ca+2].c1ccccc1. The zero-order valence-electron chi connectivity index (χ0n) is 21.4. The quantitative estimate of drug-likeness (QED) is 0.0917. The zero-order chi connectivity index (χ0) is 33.0. The fraction of sp³-hybridized carbons (Fsp3) is 0.364. The Morgan fingerprint density at radius 1 is 0.548 bits per heavy atom. The molecule has 20 heteroatoms. The van der Waals surface area contributed by atoms with Crippen molar-refractivity contribution in [1.82, 2.24) is 0 Å². The summed E-state index contributed by atoms with van der Waals surface area (Å²) in [6.45, 7) is 0. The van der Waals surface area contributed by atoms with Crippen LogP contribution in [0.1, 0.15) is 32.1 Å². The van der Waals surface area contributed by atoms with Crippen LogP contribution in [0, 0.1) is 0 Å². The molecular formula is C22H26CaO19. The molecule has 1 unspecified atom stereocenters. The van der Waals surface area contributed by atoms with Crippen LogP contribution in [-0.2, 0) is 38.4 Å². The van der Waals surface area contributed by atoms with Gasteiger partial charge >= 0.3 is 73.6 Å². The van der Waals surface area contributed by atoms with Crippen LogP contribution in [0.3, 0.4) is 0 Å². The van der Waals surface area contributed by atoms with Crippen molar-refractivity contribution in [2.75, 3.05) is 0 Å². The van der Waals surface area contributed by atoms with E-state index in [1.165, 1.54) is 0 Å². The molecule has 0 spiro atoms. The standard InChI is InChI=1S/2C6H8O7.C6H6.C4H6O5.Ca/c2*7-3(8)1-6(13,5(11)12)2-4(9)10;1-2-4-6-5-3-1;5-2(4(8)9)1-3(6)7;/h2*13H,1-2H2,(H,7,8)(H,9,10)(H,11,12);1-6H;2,5H,1H2,(H,6,7)(H,8,9);/q;;;;+2/p-2. The molecule has 0 saturated carbocycles. The second-order valence-electron chi connectivity index (χ2n) is 7.52. The molecule has 0 aliphatic carbocycles. The normalized spacial score (nSPS) is 10.5. The molecule has 0 aliphatic rings. The first-order valence-corrected chi connectivity index (χ1v) is 10.5.